The first-order chi connectivity index (χ1) is 34.8. The van der Waals surface area contributed by atoms with Crippen LogP contribution in [0.2, 0.25) is 11.1 Å². The van der Waals surface area contributed by atoms with Crippen LogP contribution in [0.5, 0.6) is 0 Å². The summed E-state index contributed by atoms with van der Waals surface area (Å²) in [5.41, 5.74) is 17.9. The zero-order chi connectivity index (χ0) is 49.5. The van der Waals surface area contributed by atoms with Crippen LogP contribution in [0.15, 0.2) is 152 Å². The van der Waals surface area contributed by atoms with Gasteiger partial charge in [-0.3, -0.25) is 4.98 Å². The lowest BCUT2D eigenvalue weighted by Crippen LogP contribution is -2.67. The van der Waals surface area contributed by atoms with Crippen LogP contribution in [0, 0.1) is 0 Å². The van der Waals surface area contributed by atoms with E-state index in [1.54, 1.807) is 10.4 Å². The molecule has 0 radical (unpaired) electrons. The Morgan fingerprint density at radius 1 is 0.569 bits per heavy atom. The van der Waals surface area contributed by atoms with Crippen molar-refractivity contribution in [3.05, 3.63) is 163 Å². The molecule has 2 saturated carbocycles. The predicted molar refractivity (Wildman–Crippen MR) is 316 cm³/mol. The zero-order valence-corrected chi connectivity index (χ0v) is 45.8. The van der Waals surface area contributed by atoms with Crippen LogP contribution < -0.4 is 40.8 Å². The van der Waals surface area contributed by atoms with Gasteiger partial charge in [0.2, 0.25) is 0 Å². The Balaban J connectivity index is 1.26. The van der Waals surface area contributed by atoms with Gasteiger partial charge in [-0.1, -0.05) is 184 Å². The van der Waals surface area contributed by atoms with Crippen molar-refractivity contribution in [2.24, 2.45) is 0 Å². The van der Waals surface area contributed by atoms with Crippen LogP contribution in [-0.2, 0) is 10.8 Å². The number of nitrogens with zero attached hydrogens (tertiary/aromatic N) is 4. The predicted octanol–water partition coefficient (Wildman–Crippen LogP) is 14.9. The smallest absolute Gasteiger partial charge is 0.264 e. The van der Waals surface area contributed by atoms with Gasteiger partial charge in [-0.2, -0.15) is 0 Å². The highest BCUT2D eigenvalue weighted by molar-refractivity contribution is 7.33. The second-order valence-electron chi connectivity index (χ2n) is 23.9. The maximum atomic E-state index is 5.05. The Labute approximate surface area is 435 Å². The van der Waals surface area contributed by atoms with Crippen LogP contribution in [0.4, 0.5) is 39.8 Å². The number of hydrogen-bond acceptors (Lipinski definition) is 5. The first kappa shape index (κ1) is 47.1. The van der Waals surface area contributed by atoms with E-state index in [4.69, 9.17) is 4.98 Å². The molecule has 72 heavy (non-hydrogen) atoms. The van der Waals surface area contributed by atoms with Crippen molar-refractivity contribution in [3.63, 3.8) is 0 Å². The number of hydrogen-bond donors (Lipinski definition) is 0. The average Bonchev–Trinajstić information content (AvgIpc) is 3.78. The van der Waals surface area contributed by atoms with Crippen molar-refractivity contribution in [2.75, 3.05) is 28.8 Å². The third-order valence-corrected chi connectivity index (χ3v) is 24.8. The molecule has 0 spiro atoms. The second-order valence-corrected chi connectivity index (χ2v) is 29.5. The SMILES string of the molecule is CN(C)c1ccc2c(c1)B1c3sc4ccc(C(C)(C)C)cc4c3N(c3ccc(C(C)(C)C)cc3)c3cc([Si](c4ccccc4)(C4CCCCC4)C4CCCCC4)cc(c31)N2c1ccccc1-c1ccccn1. The molecule has 2 fully saturated rings. The minimum absolute atomic E-state index is 0.00442. The van der Waals surface area contributed by atoms with Crippen LogP contribution in [0.3, 0.4) is 0 Å². The summed E-state index contributed by atoms with van der Waals surface area (Å²) >= 11 is 2.02. The molecule has 0 amide bonds. The summed E-state index contributed by atoms with van der Waals surface area (Å²) in [7, 11) is 1.81. The van der Waals surface area contributed by atoms with Crippen molar-refractivity contribution in [2.45, 2.75) is 128 Å². The Morgan fingerprint density at radius 3 is 1.83 bits per heavy atom. The van der Waals surface area contributed by atoms with Gasteiger partial charge in [-0.15, -0.1) is 11.3 Å². The molecule has 8 aromatic rings. The van der Waals surface area contributed by atoms with Gasteiger partial charge in [0.1, 0.15) is 8.07 Å². The second kappa shape index (κ2) is 18.2. The number of aromatic nitrogens is 1. The lowest BCUT2D eigenvalue weighted by atomic mass is 9.36. The quantitative estimate of drug-likeness (QED) is 0.142. The minimum Gasteiger partial charge on any atom is -0.378 e. The Bertz CT molecular complexity index is 3260. The van der Waals surface area contributed by atoms with Gasteiger partial charge in [0.15, 0.2) is 0 Å². The van der Waals surface area contributed by atoms with Gasteiger partial charge >= 0.3 is 0 Å². The van der Waals surface area contributed by atoms with E-state index in [1.165, 1.54) is 141 Å². The molecule has 7 heteroatoms. The highest BCUT2D eigenvalue weighted by Crippen LogP contribution is 2.53. The van der Waals surface area contributed by atoms with E-state index in [2.05, 4.69) is 210 Å². The number of pyridine rings is 1. The van der Waals surface area contributed by atoms with E-state index < -0.39 is 8.07 Å². The Hall–Kier alpha value is -5.89. The number of para-hydroxylation sites is 1. The molecule has 0 saturated heterocycles. The molecule has 4 aliphatic rings. The summed E-state index contributed by atoms with van der Waals surface area (Å²) in [5, 5.41) is 4.64. The summed E-state index contributed by atoms with van der Waals surface area (Å²) in [4.78, 5) is 12.8. The molecule has 12 rings (SSSR count). The molecular weight excluding hydrogens is 908 g/mol. The van der Waals surface area contributed by atoms with Gasteiger partial charge in [0.05, 0.1) is 17.1 Å². The maximum Gasteiger partial charge on any atom is 0.264 e. The molecule has 4 heterocycles. The molecule has 0 atom stereocenters. The average molecular weight is 979 g/mol. The highest BCUT2D eigenvalue weighted by Gasteiger charge is 2.53. The van der Waals surface area contributed by atoms with E-state index >= 15 is 0 Å². The van der Waals surface area contributed by atoms with E-state index in [0.29, 0.717) is 11.1 Å². The zero-order valence-electron chi connectivity index (χ0n) is 43.9. The summed E-state index contributed by atoms with van der Waals surface area (Å²) < 4.78 is 2.78. The van der Waals surface area contributed by atoms with Crippen molar-refractivity contribution < 1.29 is 0 Å². The molecule has 0 unspecified atom stereocenters. The van der Waals surface area contributed by atoms with E-state index in [9.17, 15) is 0 Å². The van der Waals surface area contributed by atoms with Crippen molar-refractivity contribution >= 4 is 102 Å². The van der Waals surface area contributed by atoms with Crippen molar-refractivity contribution in [1.29, 1.82) is 0 Å². The monoisotopic (exact) mass is 979 g/mol. The van der Waals surface area contributed by atoms with E-state index in [1.807, 2.05) is 23.6 Å². The lowest BCUT2D eigenvalue weighted by Gasteiger charge is -2.50. The van der Waals surface area contributed by atoms with Crippen LogP contribution in [0.1, 0.15) is 117 Å². The molecule has 6 aromatic carbocycles. The maximum absolute atomic E-state index is 5.05. The third kappa shape index (κ3) is 7.79. The van der Waals surface area contributed by atoms with Crippen LogP contribution in [-0.4, -0.2) is 33.9 Å². The summed E-state index contributed by atoms with van der Waals surface area (Å²) in [5.74, 6) is 0. The van der Waals surface area contributed by atoms with Crippen LogP contribution in [0.25, 0.3) is 21.3 Å². The summed E-state index contributed by atoms with van der Waals surface area (Å²) in [6.07, 6.45) is 15.3. The molecular formula is C65H71BN4SSi. The van der Waals surface area contributed by atoms with Gasteiger partial charge in [-0.25, -0.2) is 0 Å². The molecule has 2 aliphatic heterocycles. The Morgan fingerprint density at radius 2 is 1.19 bits per heavy atom. The number of rotatable bonds is 8. The summed E-state index contributed by atoms with van der Waals surface area (Å²) in [6, 6.07) is 57.7. The molecule has 364 valence electrons. The molecule has 0 N–H and O–H groups in total. The molecule has 4 nitrogen and oxygen atoms in total. The fraction of sp³-hybridized carbons (Fsp3) is 0.338. The lowest BCUT2D eigenvalue weighted by molar-refractivity contribution is 0.459. The fourth-order valence-corrected chi connectivity index (χ4v) is 22.1. The normalized spacial score (nSPS) is 16.4. The van der Waals surface area contributed by atoms with E-state index in [0.717, 1.165) is 11.3 Å². The number of fused-ring (bicyclic) bond motifs is 6. The third-order valence-electron chi connectivity index (χ3n) is 17.3. The molecule has 2 aliphatic carbocycles. The van der Waals surface area contributed by atoms with E-state index in [-0.39, 0.29) is 17.5 Å². The van der Waals surface area contributed by atoms with Gasteiger partial charge in [-0.05, 0) is 122 Å². The first-order valence-corrected chi connectivity index (χ1v) is 30.1. The van der Waals surface area contributed by atoms with Gasteiger partial charge in [0, 0.05) is 69.2 Å². The van der Waals surface area contributed by atoms with Gasteiger partial charge in [0.25, 0.3) is 6.71 Å². The highest BCUT2D eigenvalue weighted by atomic mass is 32.1. The van der Waals surface area contributed by atoms with Crippen molar-refractivity contribution in [3.8, 4) is 11.3 Å². The topological polar surface area (TPSA) is 22.6 Å². The van der Waals surface area contributed by atoms with Crippen LogP contribution >= 0.6 is 11.3 Å². The molecule has 0 bridgehead atoms. The van der Waals surface area contributed by atoms with Gasteiger partial charge < -0.3 is 14.7 Å². The largest absolute Gasteiger partial charge is 0.378 e. The fourth-order valence-electron chi connectivity index (χ4n) is 13.8. The number of anilines is 7. The Kier molecular flexibility index (Phi) is 11.9. The minimum atomic E-state index is -2.57. The first-order valence-electron chi connectivity index (χ1n) is 27.2. The standard InChI is InChI=1S/C65H71BN4SSi/c1-64(2,3)44-31-34-46(35-32-44)69-58-42-51(72(48-22-12-9-13-23-48,49-24-14-10-15-25-49)50-26-16-11-17-27-50)43-59-61(58)66(63-62(69)53-40-45(65(4,5)6)33-38-60(53)71-63)54-41-47(68(7)8)36-37-57(54)70(59)56-30-19-18-28-52(56)55-29-20-21-39-67-55/h9,12-13,18-23,28-43,49-50H,10-11,14-17,24-27H2,1-8H3. The molecule has 2 aromatic heterocycles. The van der Waals surface area contributed by atoms with Crippen molar-refractivity contribution in [1.82, 2.24) is 4.98 Å². The summed E-state index contributed by atoms with van der Waals surface area (Å²) in [6.45, 7) is 14.1. The number of benzene rings is 6. The number of thiophene rings is 1.